The maximum atomic E-state index is 10.9. The van der Waals surface area contributed by atoms with Crippen LogP contribution in [0.15, 0.2) is 12.3 Å². The fourth-order valence-corrected chi connectivity index (χ4v) is 1.23. The SMILES string of the molecule is Cn1ccc(C(N)=O)c1CCN. The van der Waals surface area contributed by atoms with Gasteiger partial charge < -0.3 is 16.0 Å². The van der Waals surface area contributed by atoms with Crippen LogP contribution in [0, 0.1) is 0 Å². The van der Waals surface area contributed by atoms with Gasteiger partial charge in [0, 0.05) is 25.4 Å². The molecule has 1 aromatic rings. The van der Waals surface area contributed by atoms with Crippen LogP contribution in [0.5, 0.6) is 0 Å². The Hall–Kier alpha value is -1.29. The number of primary amides is 1. The summed E-state index contributed by atoms with van der Waals surface area (Å²) in [5, 5.41) is 0. The monoisotopic (exact) mass is 167 g/mol. The summed E-state index contributed by atoms with van der Waals surface area (Å²) in [5.74, 6) is -0.390. The molecule has 0 saturated heterocycles. The zero-order chi connectivity index (χ0) is 9.14. The number of nitrogens with two attached hydrogens (primary N) is 2. The molecule has 1 rings (SSSR count). The molecule has 0 aliphatic heterocycles. The average Bonchev–Trinajstić information content (AvgIpc) is 2.34. The van der Waals surface area contributed by atoms with Crippen LogP contribution in [0.1, 0.15) is 16.1 Å². The first-order valence-corrected chi connectivity index (χ1v) is 3.81. The number of carbonyl (C=O) groups is 1. The predicted octanol–water partition coefficient (Wildman–Crippen LogP) is -0.375. The van der Waals surface area contributed by atoms with Gasteiger partial charge in [-0.3, -0.25) is 4.79 Å². The van der Waals surface area contributed by atoms with E-state index in [1.165, 1.54) is 0 Å². The summed E-state index contributed by atoms with van der Waals surface area (Å²) in [6, 6.07) is 1.72. The van der Waals surface area contributed by atoms with Crippen molar-refractivity contribution in [1.29, 1.82) is 0 Å². The molecule has 0 spiro atoms. The molecule has 4 heteroatoms. The highest BCUT2D eigenvalue weighted by Crippen LogP contribution is 2.08. The highest BCUT2D eigenvalue weighted by atomic mass is 16.1. The second-order valence-corrected chi connectivity index (χ2v) is 2.69. The molecular formula is C8H13N3O. The van der Waals surface area contributed by atoms with Gasteiger partial charge >= 0.3 is 0 Å². The van der Waals surface area contributed by atoms with Crippen molar-refractivity contribution in [2.24, 2.45) is 18.5 Å². The zero-order valence-corrected chi connectivity index (χ0v) is 7.08. The summed E-state index contributed by atoms with van der Waals surface area (Å²) in [5.41, 5.74) is 12.0. The van der Waals surface area contributed by atoms with Crippen molar-refractivity contribution in [3.63, 3.8) is 0 Å². The van der Waals surface area contributed by atoms with Crippen LogP contribution in [0.25, 0.3) is 0 Å². The second-order valence-electron chi connectivity index (χ2n) is 2.69. The van der Waals surface area contributed by atoms with Gasteiger partial charge in [-0.1, -0.05) is 0 Å². The second kappa shape index (κ2) is 3.40. The summed E-state index contributed by atoms with van der Waals surface area (Å²) >= 11 is 0. The van der Waals surface area contributed by atoms with E-state index in [2.05, 4.69) is 0 Å². The number of hydrogen-bond acceptors (Lipinski definition) is 2. The largest absolute Gasteiger partial charge is 0.366 e. The third kappa shape index (κ3) is 1.48. The minimum atomic E-state index is -0.390. The van der Waals surface area contributed by atoms with Crippen molar-refractivity contribution in [3.8, 4) is 0 Å². The van der Waals surface area contributed by atoms with Gasteiger partial charge in [0.05, 0.1) is 5.56 Å². The number of carbonyl (C=O) groups excluding carboxylic acids is 1. The zero-order valence-electron chi connectivity index (χ0n) is 7.08. The summed E-state index contributed by atoms with van der Waals surface area (Å²) in [7, 11) is 1.87. The molecule has 0 fully saturated rings. The summed E-state index contributed by atoms with van der Waals surface area (Å²) in [6.07, 6.45) is 2.49. The van der Waals surface area contributed by atoms with Gasteiger partial charge in [0.2, 0.25) is 0 Å². The predicted molar refractivity (Wildman–Crippen MR) is 46.7 cm³/mol. The van der Waals surface area contributed by atoms with E-state index in [-0.39, 0.29) is 5.91 Å². The third-order valence-electron chi connectivity index (χ3n) is 1.85. The lowest BCUT2D eigenvalue weighted by molar-refractivity contribution is 0.0999. The molecular weight excluding hydrogens is 154 g/mol. The average molecular weight is 167 g/mol. The quantitative estimate of drug-likeness (QED) is 0.644. The van der Waals surface area contributed by atoms with Gasteiger partial charge in [0.15, 0.2) is 0 Å². The Morgan fingerprint density at radius 1 is 1.67 bits per heavy atom. The van der Waals surface area contributed by atoms with Gasteiger partial charge in [-0.05, 0) is 12.6 Å². The third-order valence-corrected chi connectivity index (χ3v) is 1.85. The minimum absolute atomic E-state index is 0.390. The van der Waals surface area contributed by atoms with Crippen molar-refractivity contribution in [3.05, 3.63) is 23.5 Å². The Balaban J connectivity index is 3.03. The van der Waals surface area contributed by atoms with E-state index >= 15 is 0 Å². The lowest BCUT2D eigenvalue weighted by atomic mass is 10.2. The van der Waals surface area contributed by atoms with Crippen LogP contribution in [0.4, 0.5) is 0 Å². The van der Waals surface area contributed by atoms with Crippen LogP contribution in [-0.2, 0) is 13.5 Å². The Bertz CT molecular complexity index is 290. The van der Waals surface area contributed by atoms with E-state index in [0.717, 1.165) is 5.69 Å². The van der Waals surface area contributed by atoms with Crippen molar-refractivity contribution in [1.82, 2.24) is 4.57 Å². The van der Waals surface area contributed by atoms with Gasteiger partial charge in [0.1, 0.15) is 0 Å². The summed E-state index contributed by atoms with van der Waals surface area (Å²) in [4.78, 5) is 10.9. The van der Waals surface area contributed by atoms with Crippen LogP contribution < -0.4 is 11.5 Å². The molecule has 1 heterocycles. The number of aromatic nitrogens is 1. The number of aryl methyl sites for hydroxylation is 1. The number of rotatable bonds is 3. The lowest BCUT2D eigenvalue weighted by Gasteiger charge is -2.02. The molecule has 0 aromatic carbocycles. The number of hydrogen-bond donors (Lipinski definition) is 2. The Labute approximate surface area is 71.2 Å². The Morgan fingerprint density at radius 2 is 2.33 bits per heavy atom. The first-order chi connectivity index (χ1) is 5.66. The maximum absolute atomic E-state index is 10.9. The van der Waals surface area contributed by atoms with Gasteiger partial charge in [-0.15, -0.1) is 0 Å². The molecule has 1 aromatic heterocycles. The highest BCUT2D eigenvalue weighted by Gasteiger charge is 2.09. The first-order valence-electron chi connectivity index (χ1n) is 3.81. The number of nitrogens with zero attached hydrogens (tertiary/aromatic N) is 1. The molecule has 0 atom stereocenters. The van der Waals surface area contributed by atoms with E-state index in [4.69, 9.17) is 11.5 Å². The van der Waals surface area contributed by atoms with E-state index in [1.807, 2.05) is 17.8 Å². The molecule has 4 N–H and O–H groups in total. The summed E-state index contributed by atoms with van der Waals surface area (Å²) in [6.45, 7) is 0.526. The van der Waals surface area contributed by atoms with Gasteiger partial charge in [-0.25, -0.2) is 0 Å². The number of amides is 1. The lowest BCUT2D eigenvalue weighted by Crippen LogP contribution is -2.16. The van der Waals surface area contributed by atoms with E-state index < -0.39 is 0 Å². The van der Waals surface area contributed by atoms with Crippen LogP contribution in [-0.4, -0.2) is 17.0 Å². The molecule has 0 unspecified atom stereocenters. The molecule has 12 heavy (non-hydrogen) atoms. The molecule has 0 aliphatic carbocycles. The standard InChI is InChI=1S/C8H13N3O/c1-11-5-3-6(8(10)12)7(11)2-4-9/h3,5H,2,4,9H2,1H3,(H2,10,12). The summed E-state index contributed by atoms with van der Waals surface area (Å²) < 4.78 is 1.87. The topological polar surface area (TPSA) is 74.0 Å². The molecule has 4 nitrogen and oxygen atoms in total. The van der Waals surface area contributed by atoms with Crippen molar-refractivity contribution in [2.45, 2.75) is 6.42 Å². The Kier molecular flexibility index (Phi) is 2.50. The van der Waals surface area contributed by atoms with E-state index in [1.54, 1.807) is 6.07 Å². The molecule has 0 radical (unpaired) electrons. The highest BCUT2D eigenvalue weighted by molar-refractivity contribution is 5.94. The molecule has 0 saturated carbocycles. The van der Waals surface area contributed by atoms with Crippen LogP contribution in [0.3, 0.4) is 0 Å². The maximum Gasteiger partial charge on any atom is 0.250 e. The van der Waals surface area contributed by atoms with Crippen LogP contribution in [0.2, 0.25) is 0 Å². The minimum Gasteiger partial charge on any atom is -0.366 e. The van der Waals surface area contributed by atoms with Crippen molar-refractivity contribution in [2.75, 3.05) is 6.54 Å². The van der Waals surface area contributed by atoms with Crippen LogP contribution >= 0.6 is 0 Å². The van der Waals surface area contributed by atoms with E-state index in [9.17, 15) is 4.79 Å². The van der Waals surface area contributed by atoms with Crippen molar-refractivity contribution < 1.29 is 4.79 Å². The molecule has 1 amide bonds. The molecule has 0 aliphatic rings. The smallest absolute Gasteiger partial charge is 0.250 e. The molecule has 0 bridgehead atoms. The van der Waals surface area contributed by atoms with E-state index in [0.29, 0.717) is 18.5 Å². The fraction of sp³-hybridized carbons (Fsp3) is 0.375. The fourth-order valence-electron chi connectivity index (χ4n) is 1.23. The van der Waals surface area contributed by atoms with Gasteiger partial charge in [-0.2, -0.15) is 0 Å². The normalized spacial score (nSPS) is 10.2. The molecule has 66 valence electrons. The van der Waals surface area contributed by atoms with Gasteiger partial charge in [0.25, 0.3) is 5.91 Å². The Morgan fingerprint density at radius 3 is 2.83 bits per heavy atom. The van der Waals surface area contributed by atoms with Crippen molar-refractivity contribution >= 4 is 5.91 Å². The first kappa shape index (κ1) is 8.80.